The van der Waals surface area contributed by atoms with Gasteiger partial charge >= 0.3 is 0 Å². The molecule has 2 aromatic rings. The normalized spacial score (nSPS) is 27.5. The summed E-state index contributed by atoms with van der Waals surface area (Å²) >= 11 is 0. The van der Waals surface area contributed by atoms with Gasteiger partial charge in [-0.15, -0.1) is 5.10 Å². The minimum absolute atomic E-state index is 0.0529. The molecule has 3 atom stereocenters. The highest BCUT2D eigenvalue weighted by atomic mass is 19.1. The quantitative estimate of drug-likeness (QED) is 0.741. The van der Waals surface area contributed by atoms with Crippen LogP contribution in [0, 0.1) is 17.7 Å². The van der Waals surface area contributed by atoms with E-state index in [1.807, 2.05) is 0 Å². The van der Waals surface area contributed by atoms with Crippen molar-refractivity contribution in [1.82, 2.24) is 25.0 Å². The summed E-state index contributed by atoms with van der Waals surface area (Å²) in [5.41, 5.74) is 12.5. The second kappa shape index (κ2) is 5.17. The number of halogens is 1. The Hall–Kier alpha value is -2.19. The minimum Gasteiger partial charge on any atom is -0.368 e. The molecule has 3 heterocycles. The molecule has 5 N–H and O–H groups in total. The lowest BCUT2D eigenvalue weighted by molar-refractivity contribution is 0.356. The minimum atomic E-state index is -0.260. The summed E-state index contributed by atoms with van der Waals surface area (Å²) in [6.07, 6.45) is 0. The zero-order chi connectivity index (χ0) is 16.1. The topological polar surface area (TPSA) is 98.0 Å². The van der Waals surface area contributed by atoms with Crippen molar-refractivity contribution in [1.29, 1.82) is 0 Å². The molecule has 0 saturated carbocycles. The highest BCUT2D eigenvalue weighted by Crippen LogP contribution is 2.39. The molecule has 2 aliphatic heterocycles. The van der Waals surface area contributed by atoms with Crippen LogP contribution < -0.4 is 16.8 Å². The molecule has 0 aliphatic carbocycles. The number of nitrogen functional groups attached to an aromatic ring is 2. The Labute approximate surface area is 133 Å². The summed E-state index contributed by atoms with van der Waals surface area (Å²) in [6, 6.07) is 5.10. The SMILES string of the molecule is CN1CC2CNC(c3ccc(-n4nc(N)nc4N)cc3F)C2C1. The van der Waals surface area contributed by atoms with Crippen LogP contribution in [0.5, 0.6) is 0 Å². The van der Waals surface area contributed by atoms with Crippen molar-refractivity contribution < 1.29 is 4.39 Å². The van der Waals surface area contributed by atoms with Crippen LogP contribution in [0.3, 0.4) is 0 Å². The van der Waals surface area contributed by atoms with Crippen molar-refractivity contribution in [2.24, 2.45) is 11.8 Å². The molecule has 0 spiro atoms. The molecular weight excluding hydrogens is 297 g/mol. The first-order valence-electron chi connectivity index (χ1n) is 7.72. The molecular formula is C15H20FN7. The first-order valence-corrected chi connectivity index (χ1v) is 7.72. The van der Waals surface area contributed by atoms with Crippen LogP contribution in [-0.2, 0) is 0 Å². The van der Waals surface area contributed by atoms with E-state index in [9.17, 15) is 4.39 Å². The van der Waals surface area contributed by atoms with E-state index >= 15 is 0 Å². The third kappa shape index (κ3) is 2.34. The van der Waals surface area contributed by atoms with E-state index in [0.717, 1.165) is 19.6 Å². The second-order valence-corrected chi connectivity index (χ2v) is 6.48. The Bertz CT molecular complexity index is 743. The van der Waals surface area contributed by atoms with E-state index in [-0.39, 0.29) is 23.8 Å². The first kappa shape index (κ1) is 14.4. The van der Waals surface area contributed by atoms with E-state index in [1.165, 1.54) is 10.7 Å². The molecule has 3 unspecified atom stereocenters. The monoisotopic (exact) mass is 317 g/mol. The predicted molar refractivity (Wildman–Crippen MR) is 85.4 cm³/mol. The van der Waals surface area contributed by atoms with Crippen LogP contribution in [0.1, 0.15) is 11.6 Å². The molecule has 2 fully saturated rings. The first-order chi connectivity index (χ1) is 11.0. The smallest absolute Gasteiger partial charge is 0.241 e. The molecule has 7 nitrogen and oxygen atoms in total. The van der Waals surface area contributed by atoms with Gasteiger partial charge in [-0.05, 0) is 24.9 Å². The highest BCUT2D eigenvalue weighted by Gasteiger charge is 2.42. The van der Waals surface area contributed by atoms with E-state index in [1.54, 1.807) is 12.1 Å². The molecule has 122 valence electrons. The average molecular weight is 317 g/mol. The zero-order valence-corrected chi connectivity index (χ0v) is 12.9. The third-order valence-corrected chi connectivity index (χ3v) is 4.91. The molecule has 8 heteroatoms. The van der Waals surface area contributed by atoms with Gasteiger partial charge in [0.25, 0.3) is 0 Å². The van der Waals surface area contributed by atoms with Gasteiger partial charge in [0.1, 0.15) is 5.82 Å². The van der Waals surface area contributed by atoms with Gasteiger partial charge in [-0.25, -0.2) is 4.39 Å². The summed E-state index contributed by atoms with van der Waals surface area (Å²) in [6.45, 7) is 3.01. The Morgan fingerprint density at radius 2 is 2.13 bits per heavy atom. The summed E-state index contributed by atoms with van der Waals surface area (Å²) in [4.78, 5) is 6.15. The van der Waals surface area contributed by atoms with Crippen molar-refractivity contribution in [3.05, 3.63) is 29.6 Å². The van der Waals surface area contributed by atoms with Gasteiger partial charge < -0.3 is 21.7 Å². The van der Waals surface area contributed by atoms with Gasteiger partial charge in [0.2, 0.25) is 11.9 Å². The van der Waals surface area contributed by atoms with Crippen molar-refractivity contribution in [2.75, 3.05) is 38.1 Å². The van der Waals surface area contributed by atoms with Crippen molar-refractivity contribution in [3.63, 3.8) is 0 Å². The number of nitrogens with two attached hydrogens (primary N) is 2. The second-order valence-electron chi connectivity index (χ2n) is 6.48. The number of fused-ring (bicyclic) bond motifs is 1. The molecule has 1 aromatic carbocycles. The number of benzene rings is 1. The number of rotatable bonds is 2. The fourth-order valence-electron chi connectivity index (χ4n) is 3.91. The Balaban J connectivity index is 1.65. The van der Waals surface area contributed by atoms with Gasteiger partial charge in [-0.3, -0.25) is 0 Å². The van der Waals surface area contributed by atoms with Crippen LogP contribution >= 0.6 is 0 Å². The van der Waals surface area contributed by atoms with Crippen molar-refractivity contribution in [3.8, 4) is 5.69 Å². The van der Waals surface area contributed by atoms with Gasteiger partial charge in [-0.1, -0.05) is 6.07 Å². The number of hydrogen-bond acceptors (Lipinski definition) is 6. The van der Waals surface area contributed by atoms with Gasteiger partial charge in [0, 0.05) is 37.3 Å². The molecule has 2 saturated heterocycles. The van der Waals surface area contributed by atoms with Crippen LogP contribution in [0.25, 0.3) is 5.69 Å². The fourth-order valence-corrected chi connectivity index (χ4v) is 3.91. The average Bonchev–Trinajstić information content (AvgIpc) is 3.13. The summed E-state index contributed by atoms with van der Waals surface area (Å²) in [5, 5.41) is 7.45. The zero-order valence-electron chi connectivity index (χ0n) is 12.9. The maximum absolute atomic E-state index is 14.7. The van der Waals surface area contributed by atoms with Crippen molar-refractivity contribution in [2.45, 2.75) is 6.04 Å². The number of nitrogens with zero attached hydrogens (tertiary/aromatic N) is 4. The molecule has 2 aliphatic rings. The van der Waals surface area contributed by atoms with Crippen LogP contribution in [0.15, 0.2) is 18.2 Å². The summed E-state index contributed by atoms with van der Waals surface area (Å²) in [7, 11) is 2.12. The van der Waals surface area contributed by atoms with E-state index in [2.05, 4.69) is 27.3 Å². The Morgan fingerprint density at radius 1 is 1.30 bits per heavy atom. The Morgan fingerprint density at radius 3 is 2.83 bits per heavy atom. The fraction of sp³-hybridized carbons (Fsp3) is 0.467. The molecule has 4 rings (SSSR count). The maximum Gasteiger partial charge on any atom is 0.241 e. The highest BCUT2D eigenvalue weighted by molar-refractivity contribution is 5.43. The molecule has 0 amide bonds. The van der Waals surface area contributed by atoms with Crippen LogP contribution in [0.2, 0.25) is 0 Å². The van der Waals surface area contributed by atoms with E-state index in [4.69, 9.17) is 11.5 Å². The van der Waals surface area contributed by atoms with Gasteiger partial charge in [0.05, 0.1) is 5.69 Å². The number of hydrogen-bond donors (Lipinski definition) is 3. The maximum atomic E-state index is 14.7. The number of nitrogens with one attached hydrogen (secondary N) is 1. The van der Waals surface area contributed by atoms with E-state index < -0.39 is 0 Å². The lowest BCUT2D eigenvalue weighted by Crippen LogP contribution is -2.25. The standard InChI is InChI=1S/C15H20FN7/c1-22-6-8-5-19-13(11(8)7-22)10-3-2-9(4-12(10)16)23-15(18)20-14(17)21-23/h2-4,8,11,13,19H,5-7H2,1H3,(H4,17,18,20,21). The molecule has 1 aromatic heterocycles. The van der Waals surface area contributed by atoms with Crippen LogP contribution in [0.4, 0.5) is 16.3 Å². The predicted octanol–water partition coefficient (Wildman–Crippen LogP) is 0.393. The largest absolute Gasteiger partial charge is 0.368 e. The molecule has 0 bridgehead atoms. The Kier molecular flexibility index (Phi) is 3.24. The van der Waals surface area contributed by atoms with Gasteiger partial charge in [-0.2, -0.15) is 9.67 Å². The van der Waals surface area contributed by atoms with Crippen LogP contribution in [-0.4, -0.2) is 46.3 Å². The number of likely N-dealkylation sites (tertiary alicyclic amines) is 1. The van der Waals surface area contributed by atoms with E-state index in [0.29, 0.717) is 23.1 Å². The summed E-state index contributed by atoms with van der Waals surface area (Å²) < 4.78 is 16.0. The third-order valence-electron chi connectivity index (χ3n) is 4.91. The lowest BCUT2D eigenvalue weighted by atomic mass is 9.89. The number of aromatic nitrogens is 3. The van der Waals surface area contributed by atoms with Gasteiger partial charge in [0.15, 0.2) is 0 Å². The van der Waals surface area contributed by atoms with Crippen molar-refractivity contribution >= 4 is 11.9 Å². The lowest BCUT2D eigenvalue weighted by Gasteiger charge is -2.20. The molecule has 0 radical (unpaired) electrons. The summed E-state index contributed by atoms with van der Waals surface area (Å²) in [5.74, 6) is 0.998. The molecule has 23 heavy (non-hydrogen) atoms. The number of anilines is 2.